The van der Waals surface area contributed by atoms with E-state index in [0.717, 1.165) is 50.5 Å². The first-order valence-electron chi connectivity index (χ1n) is 14.3. The van der Waals surface area contributed by atoms with Gasteiger partial charge < -0.3 is 10.1 Å². The zero-order chi connectivity index (χ0) is 27.6. The summed E-state index contributed by atoms with van der Waals surface area (Å²) in [6.45, 7) is 17.7. The minimum absolute atomic E-state index is 0.0339. The molecule has 4 fully saturated rings. The van der Waals surface area contributed by atoms with E-state index in [1.807, 2.05) is 19.9 Å². The Kier molecular flexibility index (Phi) is 5.40. The van der Waals surface area contributed by atoms with Gasteiger partial charge in [0.05, 0.1) is 18.2 Å². The van der Waals surface area contributed by atoms with Gasteiger partial charge in [0.2, 0.25) is 0 Å². The number of hydrogen-bond donors (Lipinski definition) is 1. The van der Waals surface area contributed by atoms with Crippen molar-refractivity contribution >= 4 is 23.2 Å². The van der Waals surface area contributed by atoms with Crippen molar-refractivity contribution in [3.05, 3.63) is 11.6 Å². The molecule has 0 aromatic heterocycles. The van der Waals surface area contributed by atoms with Crippen molar-refractivity contribution in [2.24, 2.45) is 49.7 Å². The average molecular weight is 510 g/mol. The molecule has 37 heavy (non-hydrogen) atoms. The lowest BCUT2D eigenvalue weighted by atomic mass is 9.31. The van der Waals surface area contributed by atoms with Crippen LogP contribution in [-0.2, 0) is 19.1 Å². The van der Waals surface area contributed by atoms with E-state index in [9.17, 15) is 14.4 Å². The lowest BCUT2D eigenvalue weighted by Crippen LogP contribution is -2.69. The zero-order valence-electron chi connectivity index (χ0n) is 24.5. The largest absolute Gasteiger partial charge is 0.469 e. The molecule has 0 amide bonds. The molecule has 0 heterocycles. The number of methoxy groups -OCH3 is 1. The second kappa shape index (κ2) is 7.45. The highest BCUT2D eigenvalue weighted by atomic mass is 16.5. The number of nitrogens with one attached hydrogen (secondary N) is 1. The van der Waals surface area contributed by atoms with Gasteiger partial charge in [0.25, 0.3) is 0 Å². The minimum Gasteiger partial charge on any atom is -0.469 e. The highest BCUT2D eigenvalue weighted by Crippen LogP contribution is 2.77. The second-order valence-electron chi connectivity index (χ2n) is 15.6. The molecule has 0 radical (unpaired) electrons. The molecule has 1 N–H and O–H groups in total. The molecular formula is C32H47NO4. The van der Waals surface area contributed by atoms with Gasteiger partial charge in [-0.15, -0.1) is 0 Å². The van der Waals surface area contributed by atoms with Crippen LogP contribution >= 0.6 is 0 Å². The van der Waals surface area contributed by atoms with E-state index in [2.05, 4.69) is 41.5 Å². The molecule has 0 aromatic rings. The minimum atomic E-state index is -0.667. The van der Waals surface area contributed by atoms with E-state index in [4.69, 9.17) is 10.1 Å². The van der Waals surface area contributed by atoms with Gasteiger partial charge >= 0.3 is 5.97 Å². The number of ether oxygens (including phenoxy) is 1. The summed E-state index contributed by atoms with van der Waals surface area (Å²) in [6, 6.07) is 0. The quantitative estimate of drug-likeness (QED) is 0.397. The van der Waals surface area contributed by atoms with Crippen molar-refractivity contribution in [1.82, 2.24) is 0 Å². The lowest BCUT2D eigenvalue weighted by Gasteiger charge is -2.72. The molecule has 4 saturated carbocycles. The fraction of sp³-hybridized carbons (Fsp3) is 0.812. The Labute approximate surface area is 223 Å². The van der Waals surface area contributed by atoms with Crippen molar-refractivity contribution in [1.29, 1.82) is 5.41 Å². The molecule has 5 aliphatic carbocycles. The molecule has 0 aliphatic heterocycles. The predicted molar refractivity (Wildman–Crippen MR) is 144 cm³/mol. The Bertz CT molecular complexity index is 1150. The van der Waals surface area contributed by atoms with Crippen LogP contribution < -0.4 is 0 Å². The SMILES string of the molecule is COC(=O)C12CCC(C)(C)CC1C1C(=O)C=C3C(C)(CCC4(C)C(C)(C)C(=O)C(=N)CC34C)C1(C)CC2. The normalized spacial score (nSPS) is 48.1. The van der Waals surface area contributed by atoms with Crippen molar-refractivity contribution in [3.63, 3.8) is 0 Å². The fourth-order valence-corrected chi connectivity index (χ4v) is 10.5. The van der Waals surface area contributed by atoms with Crippen LogP contribution in [0.25, 0.3) is 0 Å². The maximum atomic E-state index is 14.4. The summed E-state index contributed by atoms with van der Waals surface area (Å²) in [5.41, 5.74) is -1.14. The van der Waals surface area contributed by atoms with E-state index in [-0.39, 0.29) is 56.7 Å². The number of ketones is 2. The number of carbonyl (C=O) groups excluding carboxylic acids is 3. The van der Waals surface area contributed by atoms with Crippen LogP contribution in [0.15, 0.2) is 11.6 Å². The van der Waals surface area contributed by atoms with Gasteiger partial charge in [0.1, 0.15) is 0 Å². The maximum absolute atomic E-state index is 14.4. The monoisotopic (exact) mass is 509 g/mol. The van der Waals surface area contributed by atoms with E-state index >= 15 is 0 Å². The number of allylic oxidation sites excluding steroid dienone is 2. The Hall–Kier alpha value is -1.78. The van der Waals surface area contributed by atoms with Crippen LogP contribution in [0.5, 0.6) is 0 Å². The lowest BCUT2D eigenvalue weighted by molar-refractivity contribution is -0.196. The molecule has 7 unspecified atom stereocenters. The van der Waals surface area contributed by atoms with Crippen molar-refractivity contribution < 1.29 is 19.1 Å². The summed E-state index contributed by atoms with van der Waals surface area (Å²) in [5.74, 6) is -0.287. The van der Waals surface area contributed by atoms with E-state index in [1.165, 1.54) is 7.11 Å². The third-order valence-corrected chi connectivity index (χ3v) is 13.6. The van der Waals surface area contributed by atoms with Crippen LogP contribution in [0, 0.1) is 55.2 Å². The molecular weight excluding hydrogens is 462 g/mol. The van der Waals surface area contributed by atoms with Crippen LogP contribution in [0.4, 0.5) is 0 Å². The molecule has 5 nitrogen and oxygen atoms in total. The van der Waals surface area contributed by atoms with Gasteiger partial charge in [-0.3, -0.25) is 14.4 Å². The summed E-state index contributed by atoms with van der Waals surface area (Å²) < 4.78 is 5.42. The highest BCUT2D eigenvalue weighted by Gasteiger charge is 2.73. The van der Waals surface area contributed by atoms with Crippen LogP contribution in [0.1, 0.15) is 107 Å². The molecule has 0 saturated heterocycles. The topological polar surface area (TPSA) is 84.3 Å². The summed E-state index contributed by atoms with van der Waals surface area (Å²) in [5, 5.41) is 8.68. The van der Waals surface area contributed by atoms with Crippen molar-refractivity contribution in [2.45, 2.75) is 107 Å². The first-order valence-corrected chi connectivity index (χ1v) is 14.3. The standard InChI is InChI=1S/C32H47NO4/c1-26(2)10-14-32(25(36)37-9)15-12-29(6)23(19(32)17-26)21(34)16-22-28(29,5)11-13-31(8)27(3,4)24(35)20(33)18-30(22,31)7/h16,19,23,33H,10-15,17-18H2,1-9H3. The zero-order valence-corrected chi connectivity index (χ0v) is 24.5. The van der Waals surface area contributed by atoms with Crippen molar-refractivity contribution in [2.75, 3.05) is 7.11 Å². The maximum Gasteiger partial charge on any atom is 0.312 e. The van der Waals surface area contributed by atoms with E-state index in [1.54, 1.807) is 0 Å². The second-order valence-corrected chi connectivity index (χ2v) is 15.6. The Morgan fingerprint density at radius 1 is 0.892 bits per heavy atom. The molecule has 7 atom stereocenters. The van der Waals surface area contributed by atoms with Gasteiger partial charge in [-0.1, -0.05) is 61.0 Å². The first kappa shape index (κ1) is 26.8. The number of fused-ring (bicyclic) bond motifs is 7. The fourth-order valence-electron chi connectivity index (χ4n) is 10.5. The summed E-state index contributed by atoms with van der Waals surface area (Å²) >= 11 is 0. The van der Waals surface area contributed by atoms with Gasteiger partial charge in [0, 0.05) is 23.2 Å². The third kappa shape index (κ3) is 2.92. The molecule has 0 bridgehead atoms. The van der Waals surface area contributed by atoms with Gasteiger partial charge in [-0.05, 0) is 78.6 Å². The van der Waals surface area contributed by atoms with Gasteiger partial charge in [0.15, 0.2) is 11.6 Å². The van der Waals surface area contributed by atoms with Crippen LogP contribution in [0.3, 0.4) is 0 Å². The average Bonchev–Trinajstić information content (AvgIpc) is 2.81. The van der Waals surface area contributed by atoms with Gasteiger partial charge in [-0.25, -0.2) is 0 Å². The third-order valence-electron chi connectivity index (χ3n) is 13.6. The number of hydrogen-bond acceptors (Lipinski definition) is 5. The molecule has 5 heteroatoms. The predicted octanol–water partition coefficient (Wildman–Crippen LogP) is 6.73. The number of rotatable bonds is 1. The van der Waals surface area contributed by atoms with E-state index < -0.39 is 16.2 Å². The van der Waals surface area contributed by atoms with Crippen molar-refractivity contribution in [3.8, 4) is 0 Å². The van der Waals surface area contributed by atoms with Crippen LogP contribution in [-0.4, -0.2) is 30.4 Å². The highest BCUT2D eigenvalue weighted by molar-refractivity contribution is 6.41. The molecule has 0 aromatic carbocycles. The summed E-state index contributed by atoms with van der Waals surface area (Å²) in [4.78, 5) is 41.1. The number of esters is 1. The summed E-state index contributed by atoms with van der Waals surface area (Å²) in [6.07, 6.45) is 8.32. The molecule has 204 valence electrons. The smallest absolute Gasteiger partial charge is 0.312 e. The van der Waals surface area contributed by atoms with Gasteiger partial charge in [-0.2, -0.15) is 0 Å². The Morgan fingerprint density at radius 2 is 1.51 bits per heavy atom. The van der Waals surface area contributed by atoms with Crippen LogP contribution in [0.2, 0.25) is 0 Å². The summed E-state index contributed by atoms with van der Waals surface area (Å²) in [7, 11) is 1.49. The molecule has 5 aliphatic rings. The molecule has 0 spiro atoms. The first-order chi connectivity index (χ1) is 16.9. The number of Topliss-reactive ketones (excluding diaryl/α,β-unsaturated/α-hetero) is 1. The number of carbonyl (C=O) groups is 3. The Morgan fingerprint density at radius 3 is 2.14 bits per heavy atom. The van der Waals surface area contributed by atoms with E-state index in [0.29, 0.717) is 6.42 Å². The Balaban J connectivity index is 1.70. The molecule has 5 rings (SSSR count).